The molecule has 1 atom stereocenters. The zero-order chi connectivity index (χ0) is 17.7. The van der Waals surface area contributed by atoms with Gasteiger partial charge >= 0.3 is 0 Å². The molecule has 0 aromatic heterocycles. The smallest absolute Gasteiger partial charge is 0.253 e. The van der Waals surface area contributed by atoms with Crippen LogP contribution in [0.5, 0.6) is 0 Å². The molecule has 0 unspecified atom stereocenters. The van der Waals surface area contributed by atoms with E-state index in [9.17, 15) is 13.2 Å². The molecule has 1 fully saturated rings. The number of hydrogen-bond acceptors (Lipinski definition) is 4. The van der Waals surface area contributed by atoms with Gasteiger partial charge in [-0.3, -0.25) is 4.79 Å². The molecule has 1 saturated heterocycles. The first-order valence-corrected chi connectivity index (χ1v) is 9.57. The standard InChI is InChI=1S/C15H23N5O3S.ClH/c1-11(14(21)20-9-3-4-10-20)17-12-5-7-13(8-6-12)18-15(16)19-24(2,22)23;/h5-8,11,17H,3-4,9-10H2,1-2H3,(H3,16,18,19);1H/t11-;/m0./s1. The number of benzene rings is 1. The molecule has 0 radical (unpaired) electrons. The van der Waals surface area contributed by atoms with Gasteiger partial charge in [0.15, 0.2) is 0 Å². The molecule has 0 aliphatic carbocycles. The van der Waals surface area contributed by atoms with Gasteiger partial charge in [-0.1, -0.05) is 0 Å². The fourth-order valence-corrected chi connectivity index (χ4v) is 2.93. The Kier molecular flexibility index (Phi) is 7.50. The van der Waals surface area contributed by atoms with E-state index in [0.29, 0.717) is 5.69 Å². The summed E-state index contributed by atoms with van der Waals surface area (Å²) in [6.45, 7) is 3.49. The SMILES string of the molecule is C[C@H](Nc1ccc(NC(N)=NS(C)(=O)=O)cc1)C(=O)N1CCCC1.Cl. The predicted octanol–water partition coefficient (Wildman–Crippen LogP) is 1.22. The highest BCUT2D eigenvalue weighted by Gasteiger charge is 2.22. The van der Waals surface area contributed by atoms with Gasteiger partial charge in [-0.2, -0.15) is 0 Å². The summed E-state index contributed by atoms with van der Waals surface area (Å²) in [5.41, 5.74) is 6.91. The number of hydrogen-bond donors (Lipinski definition) is 3. The van der Waals surface area contributed by atoms with Crippen molar-refractivity contribution in [2.24, 2.45) is 10.1 Å². The molecular formula is C15H24ClN5O3S. The van der Waals surface area contributed by atoms with E-state index >= 15 is 0 Å². The van der Waals surface area contributed by atoms with Crippen LogP contribution in [0.1, 0.15) is 19.8 Å². The Labute approximate surface area is 154 Å². The maximum atomic E-state index is 12.3. The van der Waals surface area contributed by atoms with Crippen molar-refractivity contribution in [3.05, 3.63) is 24.3 Å². The van der Waals surface area contributed by atoms with E-state index in [0.717, 1.165) is 37.9 Å². The van der Waals surface area contributed by atoms with Gasteiger partial charge < -0.3 is 21.3 Å². The second-order valence-electron chi connectivity index (χ2n) is 5.81. The van der Waals surface area contributed by atoms with Crippen LogP contribution in [0.4, 0.5) is 11.4 Å². The van der Waals surface area contributed by atoms with Crippen LogP contribution >= 0.6 is 12.4 Å². The zero-order valence-electron chi connectivity index (χ0n) is 14.2. The van der Waals surface area contributed by atoms with E-state index in [-0.39, 0.29) is 30.3 Å². The van der Waals surface area contributed by atoms with E-state index in [4.69, 9.17) is 5.73 Å². The monoisotopic (exact) mass is 389 g/mol. The maximum Gasteiger partial charge on any atom is 0.253 e. The second-order valence-corrected chi connectivity index (χ2v) is 7.46. The molecule has 4 N–H and O–H groups in total. The number of nitrogens with two attached hydrogens (primary N) is 1. The number of guanidine groups is 1. The van der Waals surface area contributed by atoms with Crippen molar-refractivity contribution in [2.45, 2.75) is 25.8 Å². The zero-order valence-corrected chi connectivity index (χ0v) is 15.9. The molecule has 0 saturated carbocycles. The van der Waals surface area contributed by atoms with Crippen LogP contribution in [-0.4, -0.2) is 50.6 Å². The van der Waals surface area contributed by atoms with Gasteiger partial charge in [0, 0.05) is 24.5 Å². The van der Waals surface area contributed by atoms with Crippen molar-refractivity contribution >= 4 is 45.7 Å². The van der Waals surface area contributed by atoms with Gasteiger partial charge in [0.2, 0.25) is 11.9 Å². The number of carbonyl (C=O) groups is 1. The van der Waals surface area contributed by atoms with Crippen molar-refractivity contribution in [1.82, 2.24) is 4.90 Å². The van der Waals surface area contributed by atoms with Crippen molar-refractivity contribution in [3.63, 3.8) is 0 Å². The number of anilines is 2. The van der Waals surface area contributed by atoms with Crippen molar-refractivity contribution in [1.29, 1.82) is 0 Å². The largest absolute Gasteiger partial charge is 0.374 e. The number of likely N-dealkylation sites (tertiary alicyclic amines) is 1. The van der Waals surface area contributed by atoms with Crippen molar-refractivity contribution in [2.75, 3.05) is 30.0 Å². The molecule has 1 amide bonds. The molecule has 8 nitrogen and oxygen atoms in total. The molecule has 140 valence electrons. The molecule has 10 heteroatoms. The highest BCUT2D eigenvalue weighted by Crippen LogP contribution is 2.16. The third-order valence-electron chi connectivity index (χ3n) is 3.59. The van der Waals surface area contributed by atoms with Gasteiger partial charge in [-0.25, -0.2) is 8.42 Å². The first kappa shape index (κ1) is 21.0. The summed E-state index contributed by atoms with van der Waals surface area (Å²) in [5.74, 6) is -0.102. The Balaban J connectivity index is 0.00000312. The Morgan fingerprint density at radius 3 is 2.24 bits per heavy atom. The van der Waals surface area contributed by atoms with Crippen LogP contribution in [0, 0.1) is 0 Å². The van der Waals surface area contributed by atoms with Crippen LogP contribution in [0.2, 0.25) is 0 Å². The average Bonchev–Trinajstić information content (AvgIpc) is 3.00. The normalized spacial score (nSPS) is 16.1. The molecule has 1 aliphatic rings. The van der Waals surface area contributed by atoms with Gasteiger partial charge in [-0.05, 0) is 44.0 Å². The third-order valence-corrected chi connectivity index (χ3v) is 4.12. The number of nitrogens with one attached hydrogen (secondary N) is 2. The van der Waals surface area contributed by atoms with Crippen LogP contribution in [-0.2, 0) is 14.8 Å². The van der Waals surface area contributed by atoms with Crippen LogP contribution < -0.4 is 16.4 Å². The highest BCUT2D eigenvalue weighted by molar-refractivity contribution is 7.89. The number of sulfonamides is 1. The minimum atomic E-state index is -3.54. The second kappa shape index (κ2) is 8.91. The molecule has 0 bridgehead atoms. The summed E-state index contributed by atoms with van der Waals surface area (Å²) < 4.78 is 25.4. The number of halogens is 1. The summed E-state index contributed by atoms with van der Waals surface area (Å²) >= 11 is 0. The van der Waals surface area contributed by atoms with E-state index < -0.39 is 10.0 Å². The van der Waals surface area contributed by atoms with Crippen LogP contribution in [0.25, 0.3) is 0 Å². The third kappa shape index (κ3) is 6.79. The minimum Gasteiger partial charge on any atom is -0.374 e. The van der Waals surface area contributed by atoms with E-state index in [1.54, 1.807) is 24.3 Å². The molecule has 1 aromatic rings. The van der Waals surface area contributed by atoms with Crippen molar-refractivity contribution < 1.29 is 13.2 Å². The summed E-state index contributed by atoms with van der Waals surface area (Å²) in [6.07, 6.45) is 3.10. The van der Waals surface area contributed by atoms with Gasteiger partial charge in [0.05, 0.1) is 6.26 Å². The molecule has 25 heavy (non-hydrogen) atoms. The predicted molar refractivity (Wildman–Crippen MR) is 103 cm³/mol. The summed E-state index contributed by atoms with van der Waals surface area (Å²) in [7, 11) is -3.54. The Morgan fingerprint density at radius 1 is 1.20 bits per heavy atom. The lowest BCUT2D eigenvalue weighted by atomic mass is 10.2. The number of amides is 1. The van der Waals surface area contributed by atoms with E-state index in [1.807, 2.05) is 11.8 Å². The Morgan fingerprint density at radius 2 is 1.72 bits per heavy atom. The molecule has 1 aromatic carbocycles. The lowest BCUT2D eigenvalue weighted by Crippen LogP contribution is -2.39. The Hall–Kier alpha value is -2.00. The first-order valence-electron chi connectivity index (χ1n) is 7.72. The molecular weight excluding hydrogens is 366 g/mol. The fourth-order valence-electron chi connectivity index (χ4n) is 2.52. The number of carbonyl (C=O) groups excluding carboxylic acids is 1. The molecule has 1 aliphatic heterocycles. The van der Waals surface area contributed by atoms with Gasteiger partial charge in [-0.15, -0.1) is 16.8 Å². The van der Waals surface area contributed by atoms with E-state index in [1.165, 1.54) is 0 Å². The molecule has 1 heterocycles. The first-order chi connectivity index (χ1) is 11.2. The molecule has 0 spiro atoms. The average molecular weight is 390 g/mol. The van der Waals surface area contributed by atoms with Gasteiger partial charge in [0.25, 0.3) is 10.0 Å². The number of nitrogens with zero attached hydrogens (tertiary/aromatic N) is 2. The summed E-state index contributed by atoms with van der Waals surface area (Å²) in [4.78, 5) is 14.1. The minimum absolute atomic E-state index is 0. The van der Waals surface area contributed by atoms with E-state index in [2.05, 4.69) is 15.0 Å². The van der Waals surface area contributed by atoms with Crippen LogP contribution in [0.3, 0.4) is 0 Å². The van der Waals surface area contributed by atoms with Crippen molar-refractivity contribution in [3.8, 4) is 0 Å². The fraction of sp³-hybridized carbons (Fsp3) is 0.467. The topological polar surface area (TPSA) is 117 Å². The number of rotatable bonds is 5. The molecule has 2 rings (SSSR count). The highest BCUT2D eigenvalue weighted by atomic mass is 35.5. The summed E-state index contributed by atoms with van der Waals surface area (Å²) in [5, 5.41) is 5.85. The van der Waals surface area contributed by atoms with Crippen LogP contribution in [0.15, 0.2) is 28.7 Å². The lowest BCUT2D eigenvalue weighted by molar-refractivity contribution is -0.130. The quantitative estimate of drug-likeness (QED) is 0.515. The Bertz CT molecular complexity index is 715. The summed E-state index contributed by atoms with van der Waals surface area (Å²) in [6, 6.07) is 6.70. The maximum absolute atomic E-state index is 12.3. The lowest BCUT2D eigenvalue weighted by Gasteiger charge is -2.22. The van der Waals surface area contributed by atoms with Gasteiger partial charge in [0.1, 0.15) is 6.04 Å².